The number of aromatic nitrogens is 3. The fourth-order valence-electron chi connectivity index (χ4n) is 3.48. The van der Waals surface area contributed by atoms with Crippen molar-refractivity contribution in [3.8, 4) is 0 Å². The van der Waals surface area contributed by atoms with Crippen molar-refractivity contribution in [3.63, 3.8) is 0 Å². The molecule has 1 atom stereocenters. The number of hydrogen-bond acceptors (Lipinski definition) is 6. The first-order chi connectivity index (χ1) is 14.1. The highest BCUT2D eigenvalue weighted by Crippen LogP contribution is 2.39. The molecular weight excluding hydrogens is 366 g/mol. The Balaban J connectivity index is 1.91. The van der Waals surface area contributed by atoms with E-state index in [-0.39, 0.29) is 5.97 Å². The van der Waals surface area contributed by atoms with Gasteiger partial charge in [0, 0.05) is 19.8 Å². The maximum atomic E-state index is 13.1. The Hall–Kier alpha value is -3.61. The molecule has 0 bridgehead atoms. The lowest BCUT2D eigenvalue weighted by Crippen LogP contribution is -2.30. The van der Waals surface area contributed by atoms with Crippen LogP contribution < -0.4 is 10.2 Å². The first-order valence-corrected chi connectivity index (χ1v) is 9.50. The van der Waals surface area contributed by atoms with Crippen molar-refractivity contribution in [2.24, 2.45) is 0 Å². The second kappa shape index (κ2) is 7.79. The Bertz CT molecular complexity index is 1040. The average molecular weight is 389 g/mol. The van der Waals surface area contributed by atoms with Crippen LogP contribution in [0.15, 0.2) is 66.5 Å². The molecule has 0 amide bonds. The predicted molar refractivity (Wildman–Crippen MR) is 113 cm³/mol. The molecule has 2 aromatic carbocycles. The third-order valence-corrected chi connectivity index (χ3v) is 4.88. The topological polar surface area (TPSA) is 72.3 Å². The van der Waals surface area contributed by atoms with Gasteiger partial charge >= 0.3 is 5.97 Å². The average Bonchev–Trinajstić information content (AvgIpc) is 3.21. The van der Waals surface area contributed by atoms with Gasteiger partial charge in [-0.15, -0.1) is 0 Å². The Morgan fingerprint density at radius 2 is 1.86 bits per heavy atom. The molecule has 1 N–H and O–H groups in total. The van der Waals surface area contributed by atoms with Gasteiger partial charge in [0.05, 0.1) is 17.9 Å². The van der Waals surface area contributed by atoms with Crippen molar-refractivity contribution in [2.45, 2.75) is 13.0 Å². The number of nitrogens with zero attached hydrogens (tertiary/aromatic N) is 4. The Labute approximate surface area is 169 Å². The third kappa shape index (κ3) is 3.47. The highest BCUT2D eigenvalue weighted by Gasteiger charge is 2.36. The van der Waals surface area contributed by atoms with Crippen molar-refractivity contribution < 1.29 is 9.53 Å². The normalized spacial score (nSPS) is 15.5. The molecule has 0 fully saturated rings. The van der Waals surface area contributed by atoms with Crippen LogP contribution in [-0.2, 0) is 9.53 Å². The summed E-state index contributed by atoms with van der Waals surface area (Å²) in [6.45, 7) is 2.10. The number of benzene rings is 2. The smallest absolute Gasteiger partial charge is 0.338 e. The van der Waals surface area contributed by atoms with E-state index >= 15 is 0 Å². The van der Waals surface area contributed by atoms with E-state index in [1.165, 1.54) is 6.33 Å². The van der Waals surface area contributed by atoms with E-state index in [4.69, 9.17) is 4.74 Å². The summed E-state index contributed by atoms with van der Waals surface area (Å²) < 4.78 is 7.16. The van der Waals surface area contributed by atoms with E-state index in [9.17, 15) is 4.79 Å². The highest BCUT2D eigenvalue weighted by molar-refractivity contribution is 6.02. The molecule has 0 unspecified atom stereocenters. The molecular formula is C22H23N5O2. The molecule has 0 saturated carbocycles. The summed E-state index contributed by atoms with van der Waals surface area (Å²) >= 11 is 0. The van der Waals surface area contributed by atoms with Crippen LogP contribution in [0.2, 0.25) is 0 Å². The number of ether oxygens (including phenoxy) is 1. The minimum atomic E-state index is -0.445. The van der Waals surface area contributed by atoms with Crippen LogP contribution in [0.25, 0.3) is 5.70 Å². The molecule has 1 aromatic heterocycles. The summed E-state index contributed by atoms with van der Waals surface area (Å²) in [7, 11) is 3.99. The molecule has 0 saturated heterocycles. The molecule has 1 aliphatic rings. The van der Waals surface area contributed by atoms with Gasteiger partial charge in [-0.2, -0.15) is 10.1 Å². The zero-order chi connectivity index (χ0) is 20.4. The highest BCUT2D eigenvalue weighted by atomic mass is 16.5. The summed E-state index contributed by atoms with van der Waals surface area (Å²) in [6, 6.07) is 17.4. The number of nitrogens with one attached hydrogen (secondary N) is 1. The first kappa shape index (κ1) is 18.7. The van der Waals surface area contributed by atoms with Crippen molar-refractivity contribution in [1.29, 1.82) is 0 Å². The first-order valence-electron chi connectivity index (χ1n) is 9.50. The van der Waals surface area contributed by atoms with E-state index in [2.05, 4.69) is 15.4 Å². The van der Waals surface area contributed by atoms with Gasteiger partial charge in [-0.25, -0.2) is 9.48 Å². The van der Waals surface area contributed by atoms with Gasteiger partial charge in [0.2, 0.25) is 5.95 Å². The number of carbonyl (C=O) groups excluding carboxylic acids is 1. The number of carbonyl (C=O) groups is 1. The molecule has 148 valence electrons. The quantitative estimate of drug-likeness (QED) is 0.675. The summed E-state index contributed by atoms with van der Waals surface area (Å²) in [5, 5.41) is 7.66. The zero-order valence-electron chi connectivity index (χ0n) is 16.7. The minimum Gasteiger partial charge on any atom is -0.463 e. The number of hydrogen-bond donors (Lipinski definition) is 1. The van der Waals surface area contributed by atoms with Gasteiger partial charge in [0.25, 0.3) is 0 Å². The lowest BCUT2D eigenvalue weighted by molar-refractivity contribution is -0.138. The molecule has 4 rings (SSSR count). The van der Waals surface area contributed by atoms with Gasteiger partial charge in [-0.1, -0.05) is 42.5 Å². The van der Waals surface area contributed by atoms with Crippen LogP contribution in [0.3, 0.4) is 0 Å². The largest absolute Gasteiger partial charge is 0.463 e. The van der Waals surface area contributed by atoms with Gasteiger partial charge < -0.3 is 15.0 Å². The number of rotatable bonds is 5. The van der Waals surface area contributed by atoms with Crippen molar-refractivity contribution in [2.75, 3.05) is 30.9 Å². The summed E-state index contributed by atoms with van der Waals surface area (Å²) in [5.74, 6) is 0.209. The predicted octanol–water partition coefficient (Wildman–Crippen LogP) is 3.33. The molecule has 1 aliphatic heterocycles. The number of fused-ring (bicyclic) bond motifs is 1. The molecule has 3 aromatic rings. The van der Waals surface area contributed by atoms with E-state index in [0.717, 1.165) is 16.8 Å². The molecule has 2 heterocycles. The van der Waals surface area contributed by atoms with Crippen molar-refractivity contribution >= 4 is 23.3 Å². The maximum Gasteiger partial charge on any atom is 0.338 e. The Morgan fingerprint density at radius 3 is 2.52 bits per heavy atom. The second-order valence-corrected chi connectivity index (χ2v) is 6.92. The van der Waals surface area contributed by atoms with Crippen LogP contribution in [0.1, 0.15) is 24.1 Å². The van der Waals surface area contributed by atoms with Crippen LogP contribution in [0.4, 0.5) is 11.6 Å². The zero-order valence-corrected chi connectivity index (χ0v) is 16.7. The number of anilines is 2. The monoisotopic (exact) mass is 389 g/mol. The molecule has 29 heavy (non-hydrogen) atoms. The van der Waals surface area contributed by atoms with Crippen LogP contribution in [-0.4, -0.2) is 41.4 Å². The van der Waals surface area contributed by atoms with Crippen LogP contribution in [0.5, 0.6) is 0 Å². The van der Waals surface area contributed by atoms with Gasteiger partial charge in [0.15, 0.2) is 0 Å². The van der Waals surface area contributed by atoms with Gasteiger partial charge in [0.1, 0.15) is 12.4 Å². The Kier molecular flexibility index (Phi) is 5.03. The summed E-state index contributed by atoms with van der Waals surface area (Å²) in [5.41, 5.74) is 4.09. The molecule has 0 spiro atoms. The van der Waals surface area contributed by atoms with Crippen LogP contribution >= 0.6 is 0 Å². The lowest BCUT2D eigenvalue weighted by atomic mass is 9.92. The van der Waals surface area contributed by atoms with Crippen LogP contribution in [0, 0.1) is 0 Å². The SMILES string of the molecule is CCOC(=O)C1=C(c2ccccc2)Nc2ncnn2[C@H]1c1ccc(N(C)C)cc1. The lowest BCUT2D eigenvalue weighted by Gasteiger charge is -2.29. The molecule has 7 heteroatoms. The van der Waals surface area contributed by atoms with E-state index < -0.39 is 6.04 Å². The van der Waals surface area contributed by atoms with Gasteiger partial charge in [-0.3, -0.25) is 0 Å². The standard InChI is InChI=1S/C22H23N5O2/c1-4-29-21(28)18-19(15-8-6-5-7-9-15)25-22-23-14-24-27(22)20(18)16-10-12-17(13-11-16)26(2)3/h5-14,20H,4H2,1-3H3,(H,23,24,25)/t20-/m0/s1. The summed E-state index contributed by atoms with van der Waals surface area (Å²) in [4.78, 5) is 19.5. The van der Waals surface area contributed by atoms with E-state index in [0.29, 0.717) is 23.8 Å². The molecule has 0 aliphatic carbocycles. The third-order valence-electron chi connectivity index (χ3n) is 4.88. The number of esters is 1. The second-order valence-electron chi connectivity index (χ2n) is 6.92. The van der Waals surface area contributed by atoms with Crippen molar-refractivity contribution in [1.82, 2.24) is 14.8 Å². The van der Waals surface area contributed by atoms with E-state index in [1.807, 2.05) is 73.6 Å². The molecule has 0 radical (unpaired) electrons. The minimum absolute atomic E-state index is 0.293. The fourth-order valence-corrected chi connectivity index (χ4v) is 3.48. The van der Waals surface area contributed by atoms with Crippen molar-refractivity contribution in [3.05, 3.63) is 77.6 Å². The summed E-state index contributed by atoms with van der Waals surface area (Å²) in [6.07, 6.45) is 1.49. The Morgan fingerprint density at radius 1 is 1.14 bits per heavy atom. The maximum absolute atomic E-state index is 13.1. The van der Waals surface area contributed by atoms with Gasteiger partial charge in [-0.05, 0) is 30.2 Å². The molecule has 7 nitrogen and oxygen atoms in total. The fraction of sp³-hybridized carbons (Fsp3) is 0.227. The van der Waals surface area contributed by atoms with E-state index in [1.54, 1.807) is 11.6 Å².